The monoisotopic (exact) mass is 412 g/mol. The van der Waals surface area contributed by atoms with Crippen molar-refractivity contribution in [1.82, 2.24) is 0 Å². The highest BCUT2D eigenvalue weighted by atomic mass is 79.9. The molecule has 4 aromatic carbocycles. The maximum atomic E-state index is 6.45. The molecular weight excluding hydrogens is 396 g/mol. The van der Waals surface area contributed by atoms with Crippen LogP contribution in [-0.4, -0.2) is 0 Å². The lowest BCUT2D eigenvalue weighted by Gasteiger charge is -2.28. The van der Waals surface area contributed by atoms with Crippen LogP contribution in [-0.2, 0) is 0 Å². The van der Waals surface area contributed by atoms with Gasteiger partial charge in [0.15, 0.2) is 0 Å². The number of ether oxygens (including phenoxy) is 1. The van der Waals surface area contributed by atoms with Crippen molar-refractivity contribution in [2.75, 3.05) is 0 Å². The molecule has 130 valence electrons. The zero-order valence-electron chi connectivity index (χ0n) is 14.6. The van der Waals surface area contributed by atoms with Gasteiger partial charge in [0.2, 0.25) is 0 Å². The maximum Gasteiger partial charge on any atom is 0.144 e. The third-order valence-electron chi connectivity index (χ3n) is 5.03. The van der Waals surface area contributed by atoms with Crippen molar-refractivity contribution < 1.29 is 4.74 Å². The Morgan fingerprint density at radius 2 is 1.44 bits per heavy atom. The molecule has 0 bridgehead atoms. The highest BCUT2D eigenvalue weighted by Crippen LogP contribution is 2.44. The molecule has 0 amide bonds. The number of halogens is 1. The quantitative estimate of drug-likeness (QED) is 0.339. The second kappa shape index (κ2) is 6.71. The van der Waals surface area contributed by atoms with Gasteiger partial charge < -0.3 is 4.74 Å². The van der Waals surface area contributed by atoms with Gasteiger partial charge in [-0.3, -0.25) is 0 Å². The van der Waals surface area contributed by atoms with Gasteiger partial charge in [-0.25, -0.2) is 0 Å². The summed E-state index contributed by atoms with van der Waals surface area (Å²) in [5.74, 6) is 0.927. The van der Waals surface area contributed by atoms with Crippen molar-refractivity contribution in [3.05, 3.63) is 118 Å². The van der Waals surface area contributed by atoms with Crippen molar-refractivity contribution in [3.63, 3.8) is 0 Å². The third kappa shape index (κ3) is 2.87. The van der Waals surface area contributed by atoms with Crippen molar-refractivity contribution in [2.24, 2.45) is 0 Å². The van der Waals surface area contributed by atoms with Gasteiger partial charge in [-0.15, -0.1) is 0 Å². The fraction of sp³-hybridized carbons (Fsp3) is 0.0400. The lowest BCUT2D eigenvalue weighted by atomic mass is 9.88. The molecule has 0 saturated carbocycles. The summed E-state index contributed by atoms with van der Waals surface area (Å²) in [6.07, 6.45) is 2.11. The van der Waals surface area contributed by atoms with E-state index in [1.54, 1.807) is 0 Å². The van der Waals surface area contributed by atoms with Crippen LogP contribution in [0.3, 0.4) is 0 Å². The van der Waals surface area contributed by atoms with Crippen LogP contribution in [0.5, 0.6) is 5.75 Å². The molecule has 1 unspecified atom stereocenters. The van der Waals surface area contributed by atoms with E-state index in [1.165, 1.54) is 27.5 Å². The standard InChI is InChI=1S/C25H17BrO/c26-22-13-7-6-12-20(22)24-16-21(17-8-2-1-3-9-17)25-19-11-5-4-10-18(19)14-15-23(25)27-24/h1-16,24H. The van der Waals surface area contributed by atoms with Crippen molar-refractivity contribution in [3.8, 4) is 5.75 Å². The molecule has 0 spiro atoms. The molecule has 1 aliphatic rings. The van der Waals surface area contributed by atoms with E-state index in [2.05, 4.69) is 107 Å². The van der Waals surface area contributed by atoms with E-state index in [-0.39, 0.29) is 6.10 Å². The number of benzene rings is 4. The Morgan fingerprint density at radius 3 is 2.30 bits per heavy atom. The van der Waals surface area contributed by atoms with Gasteiger partial charge in [0.1, 0.15) is 11.9 Å². The van der Waals surface area contributed by atoms with Gasteiger partial charge in [-0.1, -0.05) is 94.8 Å². The Bertz CT molecular complexity index is 1160. The molecule has 1 aliphatic heterocycles. The lowest BCUT2D eigenvalue weighted by molar-refractivity contribution is 0.250. The minimum Gasteiger partial charge on any atom is -0.481 e. The first-order valence-corrected chi connectivity index (χ1v) is 9.81. The SMILES string of the molecule is Brc1ccccc1C1C=C(c2ccccc2)c2c(ccc3ccccc23)O1. The topological polar surface area (TPSA) is 9.23 Å². The molecule has 1 nitrogen and oxygen atoms in total. The van der Waals surface area contributed by atoms with E-state index >= 15 is 0 Å². The molecule has 2 heteroatoms. The molecule has 0 aromatic heterocycles. The minimum absolute atomic E-state index is 0.135. The Balaban J connectivity index is 1.77. The fourth-order valence-electron chi connectivity index (χ4n) is 3.75. The number of hydrogen-bond donors (Lipinski definition) is 0. The first-order chi connectivity index (χ1) is 13.3. The first-order valence-electron chi connectivity index (χ1n) is 9.02. The highest BCUT2D eigenvalue weighted by Gasteiger charge is 2.25. The molecule has 4 aromatic rings. The molecule has 5 rings (SSSR count). The van der Waals surface area contributed by atoms with Crippen LogP contribution in [0.4, 0.5) is 0 Å². The molecule has 0 N–H and O–H groups in total. The largest absolute Gasteiger partial charge is 0.481 e. The number of rotatable bonds is 2. The van der Waals surface area contributed by atoms with E-state index < -0.39 is 0 Å². The normalized spacial score (nSPS) is 15.7. The van der Waals surface area contributed by atoms with Crippen LogP contribution >= 0.6 is 15.9 Å². The van der Waals surface area contributed by atoms with Crippen LogP contribution in [0.2, 0.25) is 0 Å². The smallest absolute Gasteiger partial charge is 0.144 e. The highest BCUT2D eigenvalue weighted by molar-refractivity contribution is 9.10. The van der Waals surface area contributed by atoms with Gasteiger partial charge in [0.25, 0.3) is 0 Å². The summed E-state index contributed by atoms with van der Waals surface area (Å²) in [7, 11) is 0. The zero-order valence-corrected chi connectivity index (χ0v) is 16.2. The van der Waals surface area contributed by atoms with Gasteiger partial charge in [0, 0.05) is 15.6 Å². The predicted octanol–water partition coefficient (Wildman–Crippen LogP) is 7.17. The van der Waals surface area contributed by atoms with Crippen LogP contribution < -0.4 is 4.74 Å². The lowest BCUT2D eigenvalue weighted by Crippen LogP contribution is -2.13. The van der Waals surface area contributed by atoms with Gasteiger partial charge in [0.05, 0.1) is 0 Å². The molecule has 1 heterocycles. The minimum atomic E-state index is -0.135. The van der Waals surface area contributed by atoms with E-state index in [4.69, 9.17) is 4.74 Å². The number of fused-ring (bicyclic) bond motifs is 3. The fourth-order valence-corrected chi connectivity index (χ4v) is 4.26. The molecule has 0 radical (unpaired) electrons. The summed E-state index contributed by atoms with van der Waals surface area (Å²) in [5.41, 5.74) is 4.72. The summed E-state index contributed by atoms with van der Waals surface area (Å²) in [5, 5.41) is 2.44. The molecule has 0 saturated heterocycles. The third-order valence-corrected chi connectivity index (χ3v) is 5.75. The van der Waals surface area contributed by atoms with Gasteiger partial charge >= 0.3 is 0 Å². The van der Waals surface area contributed by atoms with Crippen molar-refractivity contribution in [2.45, 2.75) is 6.10 Å². The van der Waals surface area contributed by atoms with Gasteiger partial charge in [-0.05, 0) is 40.1 Å². The zero-order chi connectivity index (χ0) is 18.2. The Kier molecular flexibility index (Phi) is 4.06. The first kappa shape index (κ1) is 16.3. The molecule has 1 atom stereocenters. The summed E-state index contributed by atoms with van der Waals surface area (Å²) in [4.78, 5) is 0. The van der Waals surface area contributed by atoms with Crippen LogP contribution in [0, 0.1) is 0 Å². The Morgan fingerprint density at radius 1 is 0.704 bits per heavy atom. The average Bonchev–Trinajstić information content (AvgIpc) is 2.74. The molecule has 27 heavy (non-hydrogen) atoms. The second-order valence-electron chi connectivity index (χ2n) is 6.67. The molecule has 0 fully saturated rings. The summed E-state index contributed by atoms with van der Waals surface area (Å²) < 4.78 is 7.51. The molecular formula is C25H17BrO. The van der Waals surface area contributed by atoms with Crippen LogP contribution in [0.25, 0.3) is 16.3 Å². The van der Waals surface area contributed by atoms with E-state index in [0.717, 1.165) is 15.8 Å². The Hall–Kier alpha value is -2.84. The second-order valence-corrected chi connectivity index (χ2v) is 7.52. The summed E-state index contributed by atoms with van der Waals surface area (Å²) in [6.45, 7) is 0. The van der Waals surface area contributed by atoms with E-state index in [0.29, 0.717) is 0 Å². The Labute approximate surface area is 167 Å². The van der Waals surface area contributed by atoms with Crippen molar-refractivity contribution >= 4 is 32.3 Å². The number of hydrogen-bond acceptors (Lipinski definition) is 1. The summed E-state index contributed by atoms with van der Waals surface area (Å²) in [6, 6.07) is 31.5. The van der Waals surface area contributed by atoms with E-state index in [9.17, 15) is 0 Å². The maximum absolute atomic E-state index is 6.45. The van der Waals surface area contributed by atoms with Crippen LogP contribution in [0.15, 0.2) is 102 Å². The predicted molar refractivity (Wildman–Crippen MR) is 115 cm³/mol. The summed E-state index contributed by atoms with van der Waals surface area (Å²) >= 11 is 3.68. The van der Waals surface area contributed by atoms with Gasteiger partial charge in [-0.2, -0.15) is 0 Å². The average molecular weight is 413 g/mol. The van der Waals surface area contributed by atoms with Crippen LogP contribution in [0.1, 0.15) is 22.8 Å². The van der Waals surface area contributed by atoms with E-state index in [1.807, 2.05) is 6.07 Å². The van der Waals surface area contributed by atoms with Crippen molar-refractivity contribution in [1.29, 1.82) is 0 Å². The molecule has 0 aliphatic carbocycles.